The molecule has 0 aliphatic carbocycles. The smallest absolute Gasteiger partial charge is 0.0786 e. The van der Waals surface area contributed by atoms with E-state index >= 15 is 0 Å². The first-order valence-corrected chi connectivity index (χ1v) is 8.01. The fraction of sp³-hybridized carbons (Fsp3) is 0. The zero-order valence-electron chi connectivity index (χ0n) is 13.0. The van der Waals surface area contributed by atoms with Crippen molar-refractivity contribution in [3.8, 4) is 11.1 Å². The molecule has 5 aromatic rings. The number of benzene rings is 3. The molecule has 0 aliphatic rings. The largest absolute Gasteiger partial charge is 0.264 e. The Balaban J connectivity index is 2.06. The van der Waals surface area contributed by atoms with Gasteiger partial charge in [0.15, 0.2) is 0 Å². The predicted octanol–water partition coefficient (Wildman–Crippen LogP) is 5.60. The van der Waals surface area contributed by atoms with Gasteiger partial charge in [0, 0.05) is 34.9 Å². The summed E-state index contributed by atoms with van der Waals surface area (Å²) >= 11 is 0. The second-order valence-corrected chi connectivity index (χ2v) is 5.95. The highest BCUT2D eigenvalue weighted by Crippen LogP contribution is 2.37. The van der Waals surface area contributed by atoms with E-state index in [2.05, 4.69) is 64.6 Å². The van der Waals surface area contributed by atoms with E-state index in [-0.39, 0.29) is 0 Å². The Hall–Kier alpha value is -3.26. The summed E-state index contributed by atoms with van der Waals surface area (Å²) < 4.78 is 0. The maximum atomic E-state index is 4.68. The van der Waals surface area contributed by atoms with Crippen molar-refractivity contribution in [1.82, 2.24) is 9.97 Å². The summed E-state index contributed by atoms with van der Waals surface area (Å²) in [5.74, 6) is 0. The maximum absolute atomic E-state index is 4.68. The molecule has 2 heterocycles. The van der Waals surface area contributed by atoms with Crippen LogP contribution in [0.3, 0.4) is 0 Å². The van der Waals surface area contributed by atoms with Gasteiger partial charge in [0.2, 0.25) is 0 Å². The average Bonchev–Trinajstić information content (AvgIpc) is 2.67. The van der Waals surface area contributed by atoms with Crippen LogP contribution in [0.2, 0.25) is 0 Å². The van der Waals surface area contributed by atoms with Crippen molar-refractivity contribution in [1.29, 1.82) is 0 Å². The van der Waals surface area contributed by atoms with Gasteiger partial charge in [-0.05, 0) is 39.9 Å². The molecular weight excluding hydrogens is 292 g/mol. The monoisotopic (exact) mass is 306 g/mol. The minimum absolute atomic E-state index is 1.05. The minimum atomic E-state index is 1.05. The topological polar surface area (TPSA) is 25.8 Å². The molecule has 2 aromatic heterocycles. The normalized spacial score (nSPS) is 11.3. The summed E-state index contributed by atoms with van der Waals surface area (Å²) in [7, 11) is 0. The van der Waals surface area contributed by atoms with Gasteiger partial charge in [-0.1, -0.05) is 48.5 Å². The van der Waals surface area contributed by atoms with Crippen LogP contribution < -0.4 is 0 Å². The third-order valence-corrected chi connectivity index (χ3v) is 4.57. The summed E-state index contributed by atoms with van der Waals surface area (Å²) in [6, 6.07) is 23.3. The van der Waals surface area contributed by atoms with Crippen molar-refractivity contribution in [2.45, 2.75) is 0 Å². The molecule has 0 unspecified atom stereocenters. The predicted molar refractivity (Wildman–Crippen MR) is 100.0 cm³/mol. The lowest BCUT2D eigenvalue weighted by Gasteiger charge is -2.12. The lowest BCUT2D eigenvalue weighted by Crippen LogP contribution is -1.88. The molecule has 0 saturated carbocycles. The van der Waals surface area contributed by atoms with Crippen molar-refractivity contribution in [2.75, 3.05) is 0 Å². The number of pyridine rings is 2. The zero-order valence-corrected chi connectivity index (χ0v) is 13.0. The van der Waals surface area contributed by atoms with E-state index in [0.717, 1.165) is 16.5 Å². The SMILES string of the molecule is c1cncc(-c2cc3cccnc3c3c2ccc2ccccc23)c1. The summed E-state index contributed by atoms with van der Waals surface area (Å²) in [5, 5.41) is 6.06. The van der Waals surface area contributed by atoms with Crippen LogP contribution in [-0.4, -0.2) is 9.97 Å². The molecule has 0 fully saturated rings. The minimum Gasteiger partial charge on any atom is -0.264 e. The molecule has 112 valence electrons. The van der Waals surface area contributed by atoms with Gasteiger partial charge in [-0.2, -0.15) is 0 Å². The first-order chi connectivity index (χ1) is 11.9. The molecule has 24 heavy (non-hydrogen) atoms. The highest BCUT2D eigenvalue weighted by molar-refractivity contribution is 6.22. The lowest BCUT2D eigenvalue weighted by molar-refractivity contribution is 1.33. The number of hydrogen-bond acceptors (Lipinski definition) is 2. The number of nitrogens with zero attached hydrogens (tertiary/aromatic N) is 2. The van der Waals surface area contributed by atoms with E-state index in [0.29, 0.717) is 0 Å². The molecule has 2 nitrogen and oxygen atoms in total. The molecule has 0 N–H and O–H groups in total. The third kappa shape index (κ3) is 1.90. The molecule has 0 radical (unpaired) electrons. The number of rotatable bonds is 1. The Kier molecular flexibility index (Phi) is 2.83. The highest BCUT2D eigenvalue weighted by Gasteiger charge is 2.12. The van der Waals surface area contributed by atoms with Crippen LogP contribution in [0.15, 0.2) is 85.3 Å². The Morgan fingerprint density at radius 1 is 0.667 bits per heavy atom. The van der Waals surface area contributed by atoms with Crippen LogP contribution in [0.4, 0.5) is 0 Å². The molecule has 5 rings (SSSR count). The van der Waals surface area contributed by atoms with E-state index in [4.69, 9.17) is 0 Å². The quantitative estimate of drug-likeness (QED) is 0.376. The summed E-state index contributed by atoms with van der Waals surface area (Å²) in [4.78, 5) is 8.97. The molecule has 0 amide bonds. The van der Waals surface area contributed by atoms with Gasteiger partial charge in [0.25, 0.3) is 0 Å². The zero-order chi connectivity index (χ0) is 15.9. The molecule has 0 atom stereocenters. The Morgan fingerprint density at radius 3 is 2.46 bits per heavy atom. The van der Waals surface area contributed by atoms with Crippen LogP contribution in [0, 0.1) is 0 Å². The first-order valence-electron chi connectivity index (χ1n) is 8.01. The molecule has 0 bridgehead atoms. The van der Waals surface area contributed by atoms with Gasteiger partial charge in [0.1, 0.15) is 0 Å². The number of hydrogen-bond donors (Lipinski definition) is 0. The van der Waals surface area contributed by atoms with E-state index in [9.17, 15) is 0 Å². The fourth-order valence-electron chi connectivity index (χ4n) is 3.49. The van der Waals surface area contributed by atoms with E-state index in [1.807, 2.05) is 30.7 Å². The molecular formula is C22H14N2. The standard InChI is InChI=1S/C22H14N2/c1-2-8-18-15(5-1)9-10-19-20(17-7-3-11-23-14-17)13-16-6-4-12-24-22(16)21(18)19/h1-14H. The number of fused-ring (bicyclic) bond motifs is 5. The molecule has 0 spiro atoms. The average molecular weight is 306 g/mol. The second kappa shape index (κ2) is 5.14. The van der Waals surface area contributed by atoms with E-state index in [1.54, 1.807) is 0 Å². The van der Waals surface area contributed by atoms with Crippen LogP contribution in [0.25, 0.3) is 43.6 Å². The van der Waals surface area contributed by atoms with Crippen LogP contribution >= 0.6 is 0 Å². The molecule has 0 saturated heterocycles. The highest BCUT2D eigenvalue weighted by atomic mass is 14.6. The van der Waals surface area contributed by atoms with Gasteiger partial charge in [-0.25, -0.2) is 0 Å². The fourth-order valence-corrected chi connectivity index (χ4v) is 3.49. The number of aromatic nitrogens is 2. The van der Waals surface area contributed by atoms with Crippen molar-refractivity contribution in [3.63, 3.8) is 0 Å². The summed E-state index contributed by atoms with van der Waals surface area (Å²) in [6.45, 7) is 0. The Labute approximate surface area is 139 Å². The maximum Gasteiger partial charge on any atom is 0.0786 e. The van der Waals surface area contributed by atoms with E-state index < -0.39 is 0 Å². The second-order valence-electron chi connectivity index (χ2n) is 5.95. The van der Waals surface area contributed by atoms with Gasteiger partial charge < -0.3 is 0 Å². The third-order valence-electron chi connectivity index (χ3n) is 4.57. The van der Waals surface area contributed by atoms with Crippen molar-refractivity contribution in [3.05, 3.63) is 85.3 Å². The summed E-state index contributed by atoms with van der Waals surface area (Å²) in [6.07, 6.45) is 5.60. The van der Waals surface area contributed by atoms with Gasteiger partial charge in [-0.3, -0.25) is 9.97 Å². The van der Waals surface area contributed by atoms with Crippen LogP contribution in [0.5, 0.6) is 0 Å². The van der Waals surface area contributed by atoms with Gasteiger partial charge >= 0.3 is 0 Å². The molecule has 3 aromatic carbocycles. The van der Waals surface area contributed by atoms with Gasteiger partial charge in [-0.15, -0.1) is 0 Å². The Morgan fingerprint density at radius 2 is 1.54 bits per heavy atom. The first kappa shape index (κ1) is 13.2. The molecule has 0 aliphatic heterocycles. The molecule has 2 heteroatoms. The van der Waals surface area contributed by atoms with Crippen molar-refractivity contribution < 1.29 is 0 Å². The Bertz CT molecular complexity index is 1180. The van der Waals surface area contributed by atoms with Crippen molar-refractivity contribution >= 4 is 32.4 Å². The van der Waals surface area contributed by atoms with Crippen molar-refractivity contribution in [2.24, 2.45) is 0 Å². The van der Waals surface area contributed by atoms with Crippen LogP contribution in [0.1, 0.15) is 0 Å². The summed E-state index contributed by atoms with van der Waals surface area (Å²) in [5.41, 5.74) is 3.38. The lowest BCUT2D eigenvalue weighted by atomic mass is 9.93. The van der Waals surface area contributed by atoms with Crippen LogP contribution in [-0.2, 0) is 0 Å². The van der Waals surface area contributed by atoms with E-state index in [1.165, 1.54) is 27.1 Å². The van der Waals surface area contributed by atoms with Gasteiger partial charge in [0.05, 0.1) is 5.52 Å².